The smallest absolute Gasteiger partial charge is 0.290 e. The van der Waals surface area contributed by atoms with Crippen LogP contribution < -0.4 is 9.80 Å². The van der Waals surface area contributed by atoms with E-state index >= 15 is 0 Å². The molecule has 0 spiro atoms. The van der Waals surface area contributed by atoms with Gasteiger partial charge in [-0.1, -0.05) is 30.3 Å². The zero-order chi connectivity index (χ0) is 22.3. The summed E-state index contributed by atoms with van der Waals surface area (Å²) in [6.45, 7) is 5.78. The Bertz CT molecular complexity index is 1020. The summed E-state index contributed by atoms with van der Waals surface area (Å²) in [4.78, 5) is 22.1. The van der Waals surface area contributed by atoms with Crippen LogP contribution in [0.1, 0.15) is 49.4 Å². The average Bonchev–Trinajstić information content (AvgIpc) is 3.24. The Morgan fingerprint density at radius 2 is 1.72 bits per heavy atom. The number of piperidine rings is 1. The number of anilines is 2. The van der Waals surface area contributed by atoms with Gasteiger partial charge in [-0.25, -0.2) is 9.97 Å². The molecule has 1 fully saturated rings. The fraction of sp³-hybridized carbons (Fsp3) is 0.435. The van der Waals surface area contributed by atoms with Gasteiger partial charge in [-0.2, -0.15) is 0 Å². The van der Waals surface area contributed by atoms with Gasteiger partial charge in [0.15, 0.2) is 5.82 Å². The third-order valence-corrected chi connectivity index (χ3v) is 5.94. The highest BCUT2D eigenvalue weighted by molar-refractivity contribution is 5.51. The molecule has 3 aromatic rings. The number of rotatable bonds is 4. The lowest BCUT2D eigenvalue weighted by atomic mass is 10.1. The Morgan fingerprint density at radius 1 is 1.03 bits per heavy atom. The first-order valence-corrected chi connectivity index (χ1v) is 11.1. The van der Waals surface area contributed by atoms with Gasteiger partial charge in [-0.05, 0) is 31.7 Å². The number of carboxylic acid groups (broad SMARTS) is 1. The first kappa shape index (κ1) is 21.7. The molecule has 2 aliphatic heterocycles. The van der Waals surface area contributed by atoms with Crippen LogP contribution in [0.25, 0.3) is 0 Å². The normalized spacial score (nSPS) is 17.8. The molecule has 0 amide bonds. The lowest BCUT2D eigenvalue weighted by molar-refractivity contribution is -0.122. The average molecular weight is 436 g/mol. The summed E-state index contributed by atoms with van der Waals surface area (Å²) in [5, 5.41) is 15.9. The molecule has 2 aliphatic rings. The predicted octanol–water partition coefficient (Wildman–Crippen LogP) is 2.93. The van der Waals surface area contributed by atoms with Crippen molar-refractivity contribution in [2.45, 2.75) is 45.2 Å². The summed E-state index contributed by atoms with van der Waals surface area (Å²) in [6.07, 6.45) is 6.31. The summed E-state index contributed by atoms with van der Waals surface area (Å²) < 4.78 is 2.30. The van der Waals surface area contributed by atoms with Gasteiger partial charge < -0.3 is 19.5 Å². The maximum Gasteiger partial charge on any atom is 0.290 e. The molecule has 0 bridgehead atoms. The highest BCUT2D eigenvalue weighted by Crippen LogP contribution is 2.28. The van der Waals surface area contributed by atoms with E-state index in [1.165, 1.54) is 24.8 Å². The maximum atomic E-state index is 8.36. The van der Waals surface area contributed by atoms with E-state index in [4.69, 9.17) is 9.90 Å². The van der Waals surface area contributed by atoms with E-state index < -0.39 is 0 Å². The van der Waals surface area contributed by atoms with Crippen LogP contribution in [0.5, 0.6) is 0 Å². The molecule has 32 heavy (non-hydrogen) atoms. The first-order chi connectivity index (χ1) is 15.7. The van der Waals surface area contributed by atoms with Crippen LogP contribution in [0, 0.1) is 0 Å². The zero-order valence-electron chi connectivity index (χ0n) is 18.3. The summed E-state index contributed by atoms with van der Waals surface area (Å²) in [5.74, 6) is 4.06. The molecule has 0 aliphatic carbocycles. The van der Waals surface area contributed by atoms with Crippen LogP contribution in [0.2, 0.25) is 0 Å². The van der Waals surface area contributed by atoms with Crippen molar-refractivity contribution in [2.75, 3.05) is 29.4 Å². The lowest BCUT2D eigenvalue weighted by Crippen LogP contribution is -2.38. The second-order valence-electron chi connectivity index (χ2n) is 8.18. The number of carbonyl (C=O) groups is 1. The van der Waals surface area contributed by atoms with E-state index in [1.807, 2.05) is 6.07 Å². The zero-order valence-corrected chi connectivity index (χ0v) is 18.3. The monoisotopic (exact) mass is 435 g/mol. The van der Waals surface area contributed by atoms with Gasteiger partial charge in [0, 0.05) is 32.1 Å². The standard InChI is InChI=1S/C22H27N7.CH2O2/c1-17-14-28(20-13-19(23-16-24-20)27-10-6-3-7-11-27)15-22-26-25-21(29(17)22)12-18-8-4-2-5-9-18;2-1-3/h2,4-5,8-9,13,16-17H,3,6-7,10-12,14-15H2,1H3;1H,(H,2,3)/t17-;/m0./s1. The molecule has 168 valence electrons. The molecule has 5 rings (SSSR count). The predicted molar refractivity (Wildman–Crippen MR) is 122 cm³/mol. The fourth-order valence-corrected chi connectivity index (χ4v) is 4.49. The van der Waals surface area contributed by atoms with Crippen molar-refractivity contribution >= 4 is 18.1 Å². The summed E-state index contributed by atoms with van der Waals surface area (Å²) in [7, 11) is 0. The Morgan fingerprint density at radius 3 is 2.44 bits per heavy atom. The largest absolute Gasteiger partial charge is 0.483 e. The minimum Gasteiger partial charge on any atom is -0.483 e. The van der Waals surface area contributed by atoms with E-state index in [9.17, 15) is 0 Å². The van der Waals surface area contributed by atoms with Crippen molar-refractivity contribution < 1.29 is 9.90 Å². The quantitative estimate of drug-likeness (QED) is 0.625. The Balaban J connectivity index is 0.000000775. The summed E-state index contributed by atoms with van der Waals surface area (Å²) in [5.41, 5.74) is 1.26. The Kier molecular flexibility index (Phi) is 6.94. The highest BCUT2D eigenvalue weighted by Gasteiger charge is 2.27. The van der Waals surface area contributed by atoms with Crippen molar-refractivity contribution in [2.24, 2.45) is 0 Å². The van der Waals surface area contributed by atoms with Crippen LogP contribution in [-0.4, -0.2) is 55.9 Å². The second-order valence-corrected chi connectivity index (χ2v) is 8.18. The number of nitrogens with zero attached hydrogens (tertiary/aromatic N) is 7. The topological polar surface area (TPSA) is 100 Å². The van der Waals surface area contributed by atoms with E-state index in [2.05, 4.69) is 71.8 Å². The van der Waals surface area contributed by atoms with Crippen LogP contribution >= 0.6 is 0 Å². The number of hydrogen-bond acceptors (Lipinski definition) is 7. The van der Waals surface area contributed by atoms with Crippen LogP contribution in [-0.2, 0) is 17.8 Å². The molecule has 1 saturated heterocycles. The molecule has 9 heteroatoms. The number of benzene rings is 1. The number of aromatic nitrogens is 5. The minimum absolute atomic E-state index is 0.250. The molecular formula is C23H29N7O2. The third-order valence-electron chi connectivity index (χ3n) is 5.94. The van der Waals surface area contributed by atoms with Crippen molar-refractivity contribution in [1.82, 2.24) is 24.7 Å². The second kappa shape index (κ2) is 10.2. The summed E-state index contributed by atoms with van der Waals surface area (Å²) in [6, 6.07) is 12.9. The maximum absolute atomic E-state index is 8.36. The molecule has 4 heterocycles. The SMILES string of the molecule is C[C@H]1CN(c2cc(N3CCCCC3)ncn2)Cc2nnc(Cc3ccccc3)n21.O=CO. The van der Waals surface area contributed by atoms with Crippen molar-refractivity contribution in [3.05, 3.63) is 59.9 Å². The number of hydrogen-bond donors (Lipinski definition) is 1. The van der Waals surface area contributed by atoms with E-state index in [1.54, 1.807) is 6.33 Å². The minimum atomic E-state index is -0.250. The third kappa shape index (κ3) is 4.87. The molecule has 1 aromatic carbocycles. The Labute approximate surface area is 187 Å². The highest BCUT2D eigenvalue weighted by atomic mass is 16.3. The van der Waals surface area contributed by atoms with Gasteiger partial charge in [-0.15, -0.1) is 10.2 Å². The van der Waals surface area contributed by atoms with E-state index in [0.29, 0.717) is 6.04 Å². The van der Waals surface area contributed by atoms with Crippen molar-refractivity contribution in [3.63, 3.8) is 0 Å². The van der Waals surface area contributed by atoms with Gasteiger partial charge in [0.2, 0.25) is 0 Å². The molecular weight excluding hydrogens is 406 g/mol. The fourth-order valence-electron chi connectivity index (χ4n) is 4.49. The van der Waals surface area contributed by atoms with Gasteiger partial charge in [0.1, 0.15) is 23.8 Å². The van der Waals surface area contributed by atoms with E-state index in [0.717, 1.165) is 55.9 Å². The van der Waals surface area contributed by atoms with Crippen molar-refractivity contribution in [3.8, 4) is 0 Å². The molecule has 2 aromatic heterocycles. The molecule has 0 saturated carbocycles. The van der Waals surface area contributed by atoms with Crippen molar-refractivity contribution in [1.29, 1.82) is 0 Å². The lowest BCUT2D eigenvalue weighted by Gasteiger charge is -2.34. The van der Waals surface area contributed by atoms with E-state index in [-0.39, 0.29) is 6.47 Å². The molecule has 1 N–H and O–H groups in total. The molecule has 0 radical (unpaired) electrons. The number of fused-ring (bicyclic) bond motifs is 1. The summed E-state index contributed by atoms with van der Waals surface area (Å²) >= 11 is 0. The van der Waals surface area contributed by atoms with Crippen LogP contribution in [0.4, 0.5) is 11.6 Å². The molecule has 9 nitrogen and oxygen atoms in total. The Hall–Kier alpha value is -3.49. The first-order valence-electron chi connectivity index (χ1n) is 11.1. The van der Waals surface area contributed by atoms with Gasteiger partial charge >= 0.3 is 0 Å². The van der Waals surface area contributed by atoms with Gasteiger partial charge in [0.05, 0.1) is 12.6 Å². The van der Waals surface area contributed by atoms with Crippen LogP contribution in [0.3, 0.4) is 0 Å². The van der Waals surface area contributed by atoms with Gasteiger partial charge in [-0.3, -0.25) is 4.79 Å². The van der Waals surface area contributed by atoms with Crippen LogP contribution in [0.15, 0.2) is 42.7 Å². The molecule has 0 unspecified atom stereocenters. The molecule has 1 atom stereocenters. The van der Waals surface area contributed by atoms with Gasteiger partial charge in [0.25, 0.3) is 6.47 Å².